The molecule has 3 atom stereocenters. The van der Waals surface area contributed by atoms with Crippen LogP contribution in [0.5, 0.6) is 0 Å². The van der Waals surface area contributed by atoms with Crippen LogP contribution in [-0.4, -0.2) is 66.3 Å². The Morgan fingerprint density at radius 1 is 0.533 bits per heavy atom. The Hall–Kier alpha value is -1.32. The average molecular weight is 871 g/mol. The van der Waals surface area contributed by atoms with E-state index in [9.17, 15) is 19.4 Å². The van der Waals surface area contributed by atoms with E-state index in [0.29, 0.717) is 6.61 Å². The van der Waals surface area contributed by atoms with Gasteiger partial charge in [-0.1, -0.05) is 217 Å². The average Bonchev–Trinajstić information content (AvgIpc) is 3.24. The van der Waals surface area contributed by atoms with Crippen molar-refractivity contribution in [2.45, 2.75) is 244 Å². The normalized spacial score (nSPS) is 14.2. The van der Waals surface area contributed by atoms with E-state index in [1.165, 1.54) is 148 Å². The van der Waals surface area contributed by atoms with Crippen LogP contribution < -0.4 is 0 Å². The van der Waals surface area contributed by atoms with E-state index in [1.54, 1.807) is 0 Å². The van der Waals surface area contributed by atoms with E-state index in [1.807, 2.05) is 0 Å². The molecule has 0 spiro atoms. The molecule has 60 heavy (non-hydrogen) atoms. The number of aliphatic hydroxyl groups is 2. The fourth-order valence-corrected chi connectivity index (χ4v) is 7.87. The molecule has 0 amide bonds. The van der Waals surface area contributed by atoms with Crippen LogP contribution in [0.3, 0.4) is 0 Å². The summed E-state index contributed by atoms with van der Waals surface area (Å²) in [6.07, 6.45) is 52.6. The second-order valence-electron chi connectivity index (χ2n) is 16.8. The third-order valence-corrected chi connectivity index (χ3v) is 11.8. The lowest BCUT2D eigenvalue weighted by Crippen LogP contribution is -2.29. The lowest BCUT2D eigenvalue weighted by Gasteiger charge is -2.20. The molecule has 354 valence electrons. The van der Waals surface area contributed by atoms with Crippen molar-refractivity contribution in [3.8, 4) is 0 Å². The third-order valence-electron chi connectivity index (χ3n) is 10.8. The number of ether oxygens (including phenoxy) is 2. The predicted octanol–water partition coefficient (Wildman–Crippen LogP) is 14.4. The molecular formula is C50H95O9P. The number of rotatable bonds is 48. The molecule has 0 bridgehead atoms. The van der Waals surface area contributed by atoms with Crippen LogP contribution in [0.1, 0.15) is 232 Å². The first-order valence-electron chi connectivity index (χ1n) is 25.0. The van der Waals surface area contributed by atoms with E-state index in [0.717, 1.165) is 64.2 Å². The quantitative estimate of drug-likeness (QED) is 0.0237. The van der Waals surface area contributed by atoms with Gasteiger partial charge in [-0.3, -0.25) is 13.8 Å². The van der Waals surface area contributed by atoms with Gasteiger partial charge in [0.05, 0.1) is 26.4 Å². The number of phosphoric acid groups is 1. The van der Waals surface area contributed by atoms with Gasteiger partial charge in [-0.05, 0) is 44.9 Å². The Morgan fingerprint density at radius 3 is 1.43 bits per heavy atom. The highest BCUT2D eigenvalue weighted by atomic mass is 31.2. The maximum atomic E-state index is 12.7. The van der Waals surface area contributed by atoms with Crippen molar-refractivity contribution >= 4 is 13.8 Å². The third kappa shape index (κ3) is 46.2. The minimum atomic E-state index is -4.52. The van der Waals surface area contributed by atoms with Crippen molar-refractivity contribution in [1.82, 2.24) is 0 Å². The maximum Gasteiger partial charge on any atom is 0.472 e. The maximum absolute atomic E-state index is 12.7. The summed E-state index contributed by atoms with van der Waals surface area (Å²) >= 11 is 0. The van der Waals surface area contributed by atoms with Crippen molar-refractivity contribution in [3.63, 3.8) is 0 Å². The molecule has 0 aromatic carbocycles. The molecule has 3 N–H and O–H groups in total. The Balaban J connectivity index is 4.04. The Kier molecular flexibility index (Phi) is 46.1. The summed E-state index contributed by atoms with van der Waals surface area (Å²) in [6.45, 7) is 3.42. The highest BCUT2D eigenvalue weighted by molar-refractivity contribution is 7.47. The van der Waals surface area contributed by atoms with Gasteiger partial charge in [0.2, 0.25) is 0 Å². The molecule has 0 rings (SSSR count). The van der Waals surface area contributed by atoms with Crippen LogP contribution >= 0.6 is 7.82 Å². The zero-order valence-corrected chi connectivity index (χ0v) is 39.8. The highest BCUT2D eigenvalue weighted by Gasteiger charge is 2.26. The summed E-state index contributed by atoms with van der Waals surface area (Å²) in [6, 6.07) is 0. The monoisotopic (exact) mass is 871 g/mol. The molecule has 3 unspecified atom stereocenters. The highest BCUT2D eigenvalue weighted by Crippen LogP contribution is 2.43. The first-order valence-corrected chi connectivity index (χ1v) is 26.5. The zero-order valence-electron chi connectivity index (χ0n) is 38.9. The van der Waals surface area contributed by atoms with Gasteiger partial charge in [0, 0.05) is 13.0 Å². The van der Waals surface area contributed by atoms with Crippen molar-refractivity contribution in [2.24, 2.45) is 0 Å². The van der Waals surface area contributed by atoms with Gasteiger partial charge >= 0.3 is 13.8 Å². The van der Waals surface area contributed by atoms with E-state index in [2.05, 4.69) is 50.3 Å². The van der Waals surface area contributed by atoms with E-state index in [4.69, 9.17) is 23.6 Å². The summed E-state index contributed by atoms with van der Waals surface area (Å²) in [5.74, 6) is -0.383. The van der Waals surface area contributed by atoms with Gasteiger partial charge in [-0.15, -0.1) is 0 Å². The standard InChI is InChI=1S/C50H95O9P/c1-3-5-7-9-11-13-15-17-19-21-22-23-24-25-26-27-28-30-32-34-36-38-40-42-50(53)59-49(47-58-60(54,55)57-45-48(52)44-51)46-56-43-41-39-37-35-33-31-29-20-18-16-14-12-10-8-6-4-2/h6,8,12,14,18,20,48-49,51-52H,3-5,7,9-11,13,15-17,19,21-47H2,1-2H3,(H,54,55)/b8-6-,14-12-,20-18-. The van der Waals surface area contributed by atoms with E-state index >= 15 is 0 Å². The number of unbranched alkanes of at least 4 members (excludes halogenated alkanes) is 28. The minimum Gasteiger partial charge on any atom is -0.457 e. The molecule has 0 aliphatic heterocycles. The fraction of sp³-hybridized carbons (Fsp3) is 0.860. The first-order chi connectivity index (χ1) is 29.3. The number of carbonyl (C=O) groups excluding carboxylic acids is 1. The largest absolute Gasteiger partial charge is 0.472 e. The number of hydrogen-bond donors (Lipinski definition) is 3. The van der Waals surface area contributed by atoms with Crippen molar-refractivity contribution in [2.75, 3.05) is 33.0 Å². The smallest absolute Gasteiger partial charge is 0.457 e. The first kappa shape index (κ1) is 58.7. The molecule has 10 heteroatoms. The van der Waals surface area contributed by atoms with Gasteiger partial charge in [-0.25, -0.2) is 4.57 Å². The second kappa shape index (κ2) is 47.2. The molecule has 0 aromatic rings. The molecule has 0 aliphatic rings. The van der Waals surface area contributed by atoms with Gasteiger partial charge in [0.25, 0.3) is 0 Å². The van der Waals surface area contributed by atoms with Crippen LogP contribution in [0.2, 0.25) is 0 Å². The summed E-state index contributed by atoms with van der Waals surface area (Å²) in [5.41, 5.74) is 0. The number of carbonyl (C=O) groups is 1. The Bertz CT molecular complexity index is 1030. The van der Waals surface area contributed by atoms with Crippen molar-refractivity contribution in [1.29, 1.82) is 0 Å². The molecule has 0 radical (unpaired) electrons. The van der Waals surface area contributed by atoms with Crippen LogP contribution in [-0.2, 0) is 27.9 Å². The van der Waals surface area contributed by atoms with Crippen molar-refractivity contribution in [3.05, 3.63) is 36.5 Å². The lowest BCUT2D eigenvalue weighted by molar-refractivity contribution is -0.154. The number of esters is 1. The van der Waals surface area contributed by atoms with Gasteiger partial charge in [0.15, 0.2) is 0 Å². The second-order valence-corrected chi connectivity index (χ2v) is 18.3. The van der Waals surface area contributed by atoms with Crippen LogP contribution in [0, 0.1) is 0 Å². The number of phosphoric ester groups is 1. The molecule has 0 heterocycles. The molecule has 0 saturated heterocycles. The number of allylic oxidation sites excluding steroid dienone is 6. The number of hydrogen-bond acceptors (Lipinski definition) is 8. The molecule has 0 saturated carbocycles. The summed E-state index contributed by atoms with van der Waals surface area (Å²) < 4.78 is 33.5. The SMILES string of the molecule is CC/C=C\C/C=C\C/C=C\CCCCCCCCOCC(COP(=O)(O)OCC(O)CO)OC(=O)CCCCCCCCCCCCCCCCCCCCCCCCC. The minimum absolute atomic E-state index is 0.0430. The number of aliphatic hydroxyl groups excluding tert-OH is 2. The van der Waals surface area contributed by atoms with E-state index < -0.39 is 33.2 Å². The summed E-state index contributed by atoms with van der Waals surface area (Å²) in [5, 5.41) is 18.4. The van der Waals surface area contributed by atoms with Crippen molar-refractivity contribution < 1.29 is 43.0 Å². The van der Waals surface area contributed by atoms with E-state index in [-0.39, 0.29) is 25.6 Å². The molecule has 0 fully saturated rings. The zero-order chi connectivity index (χ0) is 43.9. The predicted molar refractivity (Wildman–Crippen MR) is 251 cm³/mol. The van der Waals surface area contributed by atoms with Gasteiger partial charge < -0.3 is 24.6 Å². The Morgan fingerprint density at radius 2 is 0.950 bits per heavy atom. The fourth-order valence-electron chi connectivity index (χ4n) is 7.08. The van der Waals surface area contributed by atoms with Gasteiger partial charge in [0.1, 0.15) is 12.2 Å². The van der Waals surface area contributed by atoms with Gasteiger partial charge in [-0.2, -0.15) is 0 Å². The summed E-state index contributed by atoms with van der Waals surface area (Å²) in [7, 11) is -4.52. The Labute approximate surface area is 369 Å². The van der Waals surface area contributed by atoms with Crippen LogP contribution in [0.25, 0.3) is 0 Å². The van der Waals surface area contributed by atoms with Crippen LogP contribution in [0.15, 0.2) is 36.5 Å². The molecule has 0 aromatic heterocycles. The van der Waals surface area contributed by atoms with Crippen LogP contribution in [0.4, 0.5) is 0 Å². The summed E-state index contributed by atoms with van der Waals surface area (Å²) in [4.78, 5) is 22.7. The lowest BCUT2D eigenvalue weighted by atomic mass is 10.0. The molecular weight excluding hydrogens is 776 g/mol. The molecule has 9 nitrogen and oxygen atoms in total. The topological polar surface area (TPSA) is 132 Å². The molecule has 0 aliphatic carbocycles.